The molecule has 0 atom stereocenters. The van der Waals surface area contributed by atoms with Crippen molar-refractivity contribution in [1.82, 2.24) is 0 Å². The van der Waals surface area contributed by atoms with E-state index in [9.17, 15) is 0 Å². The Hall–Kier alpha value is -7.62. The number of benzene rings is 10. The van der Waals surface area contributed by atoms with Crippen molar-refractivity contribution in [2.45, 2.75) is 0 Å². The van der Waals surface area contributed by atoms with E-state index >= 15 is 0 Å². The summed E-state index contributed by atoms with van der Waals surface area (Å²) in [5, 5.41) is 15.0. The van der Waals surface area contributed by atoms with Gasteiger partial charge in [0, 0.05) is 43.9 Å². The Morgan fingerprint density at radius 1 is 0.281 bits per heavy atom. The maximum atomic E-state index is 6.65. The fourth-order valence-corrected chi connectivity index (χ4v) is 9.53. The monoisotopic (exact) mass is 726 g/mol. The lowest BCUT2D eigenvalue weighted by Gasteiger charge is -2.17. The zero-order chi connectivity index (χ0) is 37.2. The minimum Gasteiger partial charge on any atom is -0.464 e. The highest BCUT2D eigenvalue weighted by Gasteiger charge is 2.20. The van der Waals surface area contributed by atoms with E-state index in [0.717, 1.165) is 82.5 Å². The number of rotatable bonds is 3. The first-order chi connectivity index (χ1) is 28.2. The van der Waals surface area contributed by atoms with Crippen LogP contribution in [0.15, 0.2) is 195 Å². The summed E-state index contributed by atoms with van der Waals surface area (Å²) in [6.07, 6.45) is 1.88. The average Bonchev–Trinajstić information content (AvgIpc) is 3.97. The highest BCUT2D eigenvalue weighted by molar-refractivity contribution is 6.23. The van der Waals surface area contributed by atoms with E-state index < -0.39 is 0 Å². The summed E-state index contributed by atoms with van der Waals surface area (Å²) < 4.78 is 19.3. The van der Waals surface area contributed by atoms with Crippen LogP contribution in [0.3, 0.4) is 0 Å². The van der Waals surface area contributed by atoms with Gasteiger partial charge in [0.2, 0.25) is 0 Å². The zero-order valence-electron chi connectivity index (χ0n) is 30.5. The lowest BCUT2D eigenvalue weighted by atomic mass is 9.85. The second kappa shape index (κ2) is 11.5. The maximum absolute atomic E-state index is 6.65. The van der Waals surface area contributed by atoms with Crippen LogP contribution in [-0.4, -0.2) is 0 Å². The van der Waals surface area contributed by atoms with Gasteiger partial charge < -0.3 is 13.3 Å². The molecule has 0 spiro atoms. The summed E-state index contributed by atoms with van der Waals surface area (Å²) in [7, 11) is 0. The van der Waals surface area contributed by atoms with Gasteiger partial charge in [0.1, 0.15) is 27.9 Å². The van der Waals surface area contributed by atoms with Crippen LogP contribution in [0, 0.1) is 0 Å². The first-order valence-electron chi connectivity index (χ1n) is 19.4. The van der Waals surface area contributed by atoms with Crippen molar-refractivity contribution in [2.75, 3.05) is 0 Å². The van der Waals surface area contributed by atoms with Gasteiger partial charge in [-0.3, -0.25) is 0 Å². The molecule has 3 heterocycles. The quantitative estimate of drug-likeness (QED) is 0.170. The number of furan rings is 3. The topological polar surface area (TPSA) is 39.4 Å². The van der Waals surface area contributed by atoms with Crippen molar-refractivity contribution in [3.05, 3.63) is 182 Å². The van der Waals surface area contributed by atoms with Crippen LogP contribution in [0.1, 0.15) is 0 Å². The Morgan fingerprint density at radius 2 is 0.860 bits per heavy atom. The van der Waals surface area contributed by atoms with E-state index in [1.807, 2.05) is 12.3 Å². The molecule has 0 saturated heterocycles. The largest absolute Gasteiger partial charge is 0.464 e. The van der Waals surface area contributed by atoms with Crippen LogP contribution in [0.25, 0.3) is 131 Å². The fraction of sp³-hybridized carbons (Fsp3) is 0. The van der Waals surface area contributed by atoms with E-state index in [2.05, 4.69) is 170 Å². The van der Waals surface area contributed by atoms with Crippen molar-refractivity contribution < 1.29 is 13.3 Å². The van der Waals surface area contributed by atoms with Crippen molar-refractivity contribution in [3.8, 4) is 33.4 Å². The van der Waals surface area contributed by atoms with Crippen molar-refractivity contribution in [3.63, 3.8) is 0 Å². The highest BCUT2D eigenvalue weighted by Crippen LogP contribution is 2.47. The molecule has 0 amide bonds. The highest BCUT2D eigenvalue weighted by atomic mass is 16.3. The van der Waals surface area contributed by atoms with E-state index in [1.54, 1.807) is 0 Å². The molecule has 0 fully saturated rings. The Labute approximate surface area is 325 Å². The summed E-state index contributed by atoms with van der Waals surface area (Å²) >= 11 is 0. The van der Waals surface area contributed by atoms with Gasteiger partial charge in [-0.25, -0.2) is 0 Å². The second-order valence-electron chi connectivity index (χ2n) is 15.2. The Balaban J connectivity index is 1.00. The molecule has 3 nitrogen and oxygen atoms in total. The first-order valence-corrected chi connectivity index (χ1v) is 19.4. The molecule has 0 N–H and O–H groups in total. The molecule has 0 saturated carbocycles. The third kappa shape index (κ3) is 4.37. The molecule has 0 aliphatic rings. The van der Waals surface area contributed by atoms with Crippen LogP contribution in [-0.2, 0) is 0 Å². The second-order valence-corrected chi connectivity index (χ2v) is 15.2. The van der Waals surface area contributed by atoms with Crippen LogP contribution >= 0.6 is 0 Å². The van der Waals surface area contributed by atoms with E-state index in [1.165, 1.54) is 48.8 Å². The summed E-state index contributed by atoms with van der Waals surface area (Å²) in [5.41, 5.74) is 11.2. The van der Waals surface area contributed by atoms with Gasteiger partial charge in [0.15, 0.2) is 0 Å². The van der Waals surface area contributed by atoms with E-state index in [-0.39, 0.29) is 0 Å². The third-order valence-corrected chi connectivity index (χ3v) is 12.1. The third-order valence-electron chi connectivity index (χ3n) is 12.1. The van der Waals surface area contributed by atoms with Gasteiger partial charge in [-0.1, -0.05) is 133 Å². The van der Waals surface area contributed by atoms with Crippen LogP contribution in [0.5, 0.6) is 0 Å². The maximum Gasteiger partial charge on any atom is 0.143 e. The first kappa shape index (κ1) is 30.7. The van der Waals surface area contributed by atoms with Gasteiger partial charge >= 0.3 is 0 Å². The molecule has 13 rings (SSSR count). The predicted molar refractivity (Wildman–Crippen MR) is 237 cm³/mol. The van der Waals surface area contributed by atoms with E-state index in [0.29, 0.717) is 0 Å². The molecule has 57 heavy (non-hydrogen) atoms. The molecule has 13 aromatic rings. The number of hydrogen-bond acceptors (Lipinski definition) is 3. The summed E-state index contributed by atoms with van der Waals surface area (Å²) in [4.78, 5) is 0. The molecule has 264 valence electrons. The standard InChI is InChI=1S/C54H30O3/c1-3-13-35-31(10-1)12-9-19-37(35)47-30-55-49-29-51-45(28-46(47)49)38-23-21-34(27-50(38)56-51)53-41-17-7-5-15-39(41)52(40-16-6-8-18-42(40)53)33-22-25-48-44(26-33)43-24-20-32-11-2-4-14-36(32)54(43)57-48/h1-30H. The van der Waals surface area contributed by atoms with Gasteiger partial charge in [0.05, 0.1) is 6.26 Å². The SMILES string of the molecule is c1ccc2c(-c3coc4cc5oc6cc(-c7c8ccccc8c(-c8ccc9oc%10c%11ccccc%11ccc%10c9c8)c8ccccc78)ccc6c5cc34)cccc2c1. The number of hydrogen-bond donors (Lipinski definition) is 0. The van der Waals surface area contributed by atoms with Gasteiger partial charge in [0.25, 0.3) is 0 Å². The molecule has 0 unspecified atom stereocenters. The Kier molecular flexibility index (Phi) is 6.16. The number of fused-ring (bicyclic) bond motifs is 12. The Bertz CT molecular complexity index is 3750. The van der Waals surface area contributed by atoms with Crippen molar-refractivity contribution in [1.29, 1.82) is 0 Å². The van der Waals surface area contributed by atoms with Crippen molar-refractivity contribution >= 4 is 97.9 Å². The molecule has 10 aromatic carbocycles. The molecule has 3 heteroatoms. The summed E-state index contributed by atoms with van der Waals surface area (Å²) in [5.74, 6) is 0. The molecule has 0 radical (unpaired) electrons. The lowest BCUT2D eigenvalue weighted by molar-refractivity contribution is 0.614. The van der Waals surface area contributed by atoms with Crippen LogP contribution < -0.4 is 0 Å². The molecule has 0 aliphatic carbocycles. The minimum absolute atomic E-state index is 0.812. The van der Waals surface area contributed by atoms with Crippen molar-refractivity contribution in [2.24, 2.45) is 0 Å². The molecule has 3 aromatic heterocycles. The molecule has 0 aliphatic heterocycles. The average molecular weight is 727 g/mol. The van der Waals surface area contributed by atoms with Crippen LogP contribution in [0.4, 0.5) is 0 Å². The lowest BCUT2D eigenvalue weighted by Crippen LogP contribution is -1.90. The summed E-state index contributed by atoms with van der Waals surface area (Å²) in [6.45, 7) is 0. The molecular weight excluding hydrogens is 697 g/mol. The fourth-order valence-electron chi connectivity index (χ4n) is 9.53. The molecular formula is C54H30O3. The van der Waals surface area contributed by atoms with E-state index in [4.69, 9.17) is 13.3 Å². The predicted octanol–water partition coefficient (Wildman–Crippen LogP) is 15.8. The molecule has 0 bridgehead atoms. The smallest absolute Gasteiger partial charge is 0.143 e. The zero-order valence-corrected chi connectivity index (χ0v) is 30.5. The normalized spacial score (nSPS) is 12.2. The van der Waals surface area contributed by atoms with Gasteiger partial charge in [-0.2, -0.15) is 0 Å². The summed E-state index contributed by atoms with van der Waals surface area (Å²) in [6, 6.07) is 63.0. The van der Waals surface area contributed by atoms with Crippen LogP contribution in [0.2, 0.25) is 0 Å². The van der Waals surface area contributed by atoms with Gasteiger partial charge in [-0.05, 0) is 102 Å². The Morgan fingerprint density at radius 3 is 1.61 bits per heavy atom. The minimum atomic E-state index is 0.812. The van der Waals surface area contributed by atoms with Gasteiger partial charge in [-0.15, -0.1) is 0 Å².